The van der Waals surface area contributed by atoms with Gasteiger partial charge in [0, 0.05) is 19.3 Å². The molecule has 0 aliphatic carbocycles. The van der Waals surface area contributed by atoms with Crippen molar-refractivity contribution in [2.24, 2.45) is 5.92 Å². The fourth-order valence-electron chi connectivity index (χ4n) is 7.51. The van der Waals surface area contributed by atoms with Crippen LogP contribution in [-0.2, 0) is 28.6 Å². The first-order valence-corrected chi connectivity index (χ1v) is 24.9. The lowest BCUT2D eigenvalue weighted by atomic mass is 10.0. The second-order valence-electron chi connectivity index (χ2n) is 17.6. The standard InChI is InChI=1S/C50H96O6/c1-5-7-9-11-13-15-21-26-30-34-38-42-49(52)55-45-47(44-54-48(51)41-37-33-29-24-14-12-10-8-6-2)56-50(53)43-39-35-31-27-23-20-18-16-17-19-22-25-28-32-36-40-46(3)4/h46-47H,5-45H2,1-4H3/t47-/m0/s1. The van der Waals surface area contributed by atoms with E-state index >= 15 is 0 Å². The number of carbonyl (C=O) groups excluding carboxylic acids is 3. The van der Waals surface area contributed by atoms with E-state index in [9.17, 15) is 14.4 Å². The highest BCUT2D eigenvalue weighted by molar-refractivity contribution is 5.71. The predicted octanol–water partition coefficient (Wildman–Crippen LogP) is 15.9. The third-order valence-corrected chi connectivity index (χ3v) is 11.3. The Hall–Kier alpha value is -1.59. The highest BCUT2D eigenvalue weighted by Gasteiger charge is 2.19. The number of hydrogen-bond donors (Lipinski definition) is 0. The van der Waals surface area contributed by atoms with Crippen LogP contribution in [0, 0.1) is 5.92 Å². The van der Waals surface area contributed by atoms with Gasteiger partial charge in [-0.05, 0) is 25.2 Å². The first kappa shape index (κ1) is 54.4. The number of carbonyl (C=O) groups is 3. The minimum absolute atomic E-state index is 0.0631. The Bertz CT molecular complexity index is 841. The van der Waals surface area contributed by atoms with Crippen LogP contribution in [0.1, 0.15) is 278 Å². The molecule has 0 heterocycles. The summed E-state index contributed by atoms with van der Waals surface area (Å²) >= 11 is 0. The second kappa shape index (κ2) is 44.5. The second-order valence-corrected chi connectivity index (χ2v) is 17.6. The molecule has 0 rings (SSSR count). The fraction of sp³-hybridized carbons (Fsp3) is 0.940. The van der Waals surface area contributed by atoms with E-state index in [4.69, 9.17) is 14.2 Å². The molecule has 332 valence electrons. The van der Waals surface area contributed by atoms with Crippen molar-refractivity contribution in [2.75, 3.05) is 13.2 Å². The molecule has 0 aliphatic rings. The van der Waals surface area contributed by atoms with E-state index in [0.29, 0.717) is 19.3 Å². The molecule has 6 nitrogen and oxygen atoms in total. The summed E-state index contributed by atoms with van der Waals surface area (Å²) in [6, 6.07) is 0. The minimum Gasteiger partial charge on any atom is -0.462 e. The Morgan fingerprint density at radius 1 is 0.339 bits per heavy atom. The van der Waals surface area contributed by atoms with Crippen molar-refractivity contribution >= 4 is 17.9 Å². The van der Waals surface area contributed by atoms with Crippen LogP contribution < -0.4 is 0 Å². The molecule has 1 atom stereocenters. The zero-order valence-electron chi connectivity index (χ0n) is 38.1. The summed E-state index contributed by atoms with van der Waals surface area (Å²) in [5, 5.41) is 0. The van der Waals surface area contributed by atoms with Crippen LogP contribution in [0.4, 0.5) is 0 Å². The summed E-state index contributed by atoms with van der Waals surface area (Å²) in [7, 11) is 0. The Morgan fingerprint density at radius 3 is 0.875 bits per heavy atom. The third kappa shape index (κ3) is 43.5. The van der Waals surface area contributed by atoms with Gasteiger partial charge in [-0.15, -0.1) is 0 Å². The molecule has 6 heteroatoms. The van der Waals surface area contributed by atoms with Crippen molar-refractivity contribution in [3.05, 3.63) is 0 Å². The lowest BCUT2D eigenvalue weighted by Crippen LogP contribution is -2.30. The summed E-state index contributed by atoms with van der Waals surface area (Å²) < 4.78 is 16.7. The van der Waals surface area contributed by atoms with Crippen molar-refractivity contribution < 1.29 is 28.6 Å². The molecular weight excluding hydrogens is 697 g/mol. The van der Waals surface area contributed by atoms with Crippen LogP contribution in [0.3, 0.4) is 0 Å². The molecule has 0 aromatic rings. The van der Waals surface area contributed by atoms with Crippen molar-refractivity contribution in [1.82, 2.24) is 0 Å². The van der Waals surface area contributed by atoms with Crippen molar-refractivity contribution in [3.63, 3.8) is 0 Å². The normalized spacial score (nSPS) is 11.9. The SMILES string of the molecule is CCCCCCCCCCCCCC(=O)OC[C@H](COC(=O)CCCCCCCCCCC)OC(=O)CCCCCCCCCCCCCCCCCC(C)C. The van der Waals surface area contributed by atoms with Gasteiger partial charge in [-0.3, -0.25) is 14.4 Å². The Balaban J connectivity index is 4.24. The van der Waals surface area contributed by atoms with Gasteiger partial charge in [-0.2, -0.15) is 0 Å². The van der Waals surface area contributed by atoms with Gasteiger partial charge in [0.05, 0.1) is 0 Å². The molecule has 0 saturated heterocycles. The summed E-state index contributed by atoms with van der Waals surface area (Å²) in [6.07, 6.45) is 45.2. The fourth-order valence-corrected chi connectivity index (χ4v) is 7.51. The number of unbranched alkanes of at least 4 members (excludes halogenated alkanes) is 32. The molecule has 0 saturated carbocycles. The molecule has 56 heavy (non-hydrogen) atoms. The van der Waals surface area contributed by atoms with E-state index in [-0.39, 0.29) is 31.1 Å². The van der Waals surface area contributed by atoms with Gasteiger partial charge < -0.3 is 14.2 Å². The third-order valence-electron chi connectivity index (χ3n) is 11.3. The zero-order valence-corrected chi connectivity index (χ0v) is 38.1. The molecule has 0 aromatic carbocycles. The minimum atomic E-state index is -0.759. The van der Waals surface area contributed by atoms with E-state index in [2.05, 4.69) is 27.7 Å². The van der Waals surface area contributed by atoms with E-state index in [1.165, 1.54) is 173 Å². The number of esters is 3. The summed E-state index contributed by atoms with van der Waals surface area (Å²) in [5.74, 6) is -0.00236. The van der Waals surface area contributed by atoms with Crippen LogP contribution in [0.5, 0.6) is 0 Å². The molecule has 0 aliphatic heterocycles. The van der Waals surface area contributed by atoms with E-state index in [1.54, 1.807) is 0 Å². The molecule has 0 bridgehead atoms. The summed E-state index contributed by atoms with van der Waals surface area (Å²) in [4.78, 5) is 37.8. The lowest BCUT2D eigenvalue weighted by molar-refractivity contribution is -0.167. The average molecular weight is 793 g/mol. The molecular formula is C50H96O6. The first-order valence-electron chi connectivity index (χ1n) is 24.9. The van der Waals surface area contributed by atoms with Crippen LogP contribution in [0.25, 0.3) is 0 Å². The maximum Gasteiger partial charge on any atom is 0.306 e. The van der Waals surface area contributed by atoms with Crippen LogP contribution >= 0.6 is 0 Å². The molecule has 0 fully saturated rings. The summed E-state index contributed by atoms with van der Waals surface area (Å²) in [6.45, 7) is 9.01. The highest BCUT2D eigenvalue weighted by Crippen LogP contribution is 2.17. The maximum absolute atomic E-state index is 12.8. The van der Waals surface area contributed by atoms with Gasteiger partial charge >= 0.3 is 17.9 Å². The van der Waals surface area contributed by atoms with Crippen molar-refractivity contribution in [3.8, 4) is 0 Å². The smallest absolute Gasteiger partial charge is 0.306 e. The predicted molar refractivity (Wildman–Crippen MR) is 238 cm³/mol. The molecule has 0 spiro atoms. The Morgan fingerprint density at radius 2 is 0.589 bits per heavy atom. The van der Waals surface area contributed by atoms with E-state index in [0.717, 1.165) is 63.7 Å². The number of hydrogen-bond acceptors (Lipinski definition) is 6. The van der Waals surface area contributed by atoms with Gasteiger partial charge in [0.1, 0.15) is 13.2 Å². The first-order chi connectivity index (χ1) is 27.4. The van der Waals surface area contributed by atoms with Crippen LogP contribution in [-0.4, -0.2) is 37.2 Å². The Kier molecular flexibility index (Phi) is 43.2. The van der Waals surface area contributed by atoms with Crippen molar-refractivity contribution in [2.45, 2.75) is 284 Å². The average Bonchev–Trinajstić information content (AvgIpc) is 3.18. The van der Waals surface area contributed by atoms with E-state index in [1.807, 2.05) is 0 Å². The largest absolute Gasteiger partial charge is 0.462 e. The topological polar surface area (TPSA) is 78.9 Å². The zero-order chi connectivity index (χ0) is 41.0. The van der Waals surface area contributed by atoms with Gasteiger partial charge in [0.15, 0.2) is 6.10 Å². The maximum atomic E-state index is 12.8. The van der Waals surface area contributed by atoms with Gasteiger partial charge in [0.25, 0.3) is 0 Å². The summed E-state index contributed by atoms with van der Waals surface area (Å²) in [5.41, 5.74) is 0. The van der Waals surface area contributed by atoms with Gasteiger partial charge in [0.2, 0.25) is 0 Å². The lowest BCUT2D eigenvalue weighted by Gasteiger charge is -2.18. The Labute approximate surface area is 348 Å². The molecule has 0 N–H and O–H groups in total. The van der Waals surface area contributed by atoms with Gasteiger partial charge in [-0.25, -0.2) is 0 Å². The quantitative estimate of drug-likeness (QED) is 0.0347. The molecule has 0 radical (unpaired) electrons. The highest BCUT2D eigenvalue weighted by atomic mass is 16.6. The van der Waals surface area contributed by atoms with Crippen LogP contribution in [0.2, 0.25) is 0 Å². The molecule has 0 aromatic heterocycles. The van der Waals surface area contributed by atoms with E-state index < -0.39 is 6.10 Å². The number of ether oxygens (including phenoxy) is 3. The van der Waals surface area contributed by atoms with Gasteiger partial charge in [-0.1, -0.05) is 240 Å². The monoisotopic (exact) mass is 793 g/mol. The van der Waals surface area contributed by atoms with Crippen LogP contribution in [0.15, 0.2) is 0 Å². The van der Waals surface area contributed by atoms with Crippen molar-refractivity contribution in [1.29, 1.82) is 0 Å². The molecule has 0 unspecified atom stereocenters. The molecule has 0 amide bonds. The number of rotatable bonds is 45.